The van der Waals surface area contributed by atoms with Crippen molar-refractivity contribution in [2.24, 2.45) is 5.73 Å². The van der Waals surface area contributed by atoms with E-state index in [1.165, 1.54) is 6.07 Å². The standard InChI is InChI=1S/C11H15ClFN.ClH/c1-2-3-7-10(14)8-5-4-6-9(13)11(8)12;/h4-6,10H,2-3,7,14H2,1H3;1H/t10-;/m0./s1. The second kappa shape index (κ2) is 7.04. The second-order valence-electron chi connectivity index (χ2n) is 3.39. The van der Waals surface area contributed by atoms with Crippen molar-refractivity contribution in [3.8, 4) is 0 Å². The molecule has 0 saturated heterocycles. The Kier molecular flexibility index (Phi) is 6.90. The Bertz CT molecular complexity index is 305. The van der Waals surface area contributed by atoms with E-state index in [2.05, 4.69) is 6.92 Å². The van der Waals surface area contributed by atoms with Crippen LogP contribution in [0.15, 0.2) is 18.2 Å². The summed E-state index contributed by atoms with van der Waals surface area (Å²) in [5.41, 5.74) is 6.61. The maximum absolute atomic E-state index is 13.1. The van der Waals surface area contributed by atoms with Gasteiger partial charge in [-0.15, -0.1) is 12.4 Å². The molecule has 15 heavy (non-hydrogen) atoms. The van der Waals surface area contributed by atoms with E-state index in [-0.39, 0.29) is 23.5 Å². The van der Waals surface area contributed by atoms with Crippen LogP contribution in [0.4, 0.5) is 4.39 Å². The molecule has 0 bridgehead atoms. The largest absolute Gasteiger partial charge is 0.324 e. The molecule has 1 aromatic carbocycles. The molecule has 86 valence electrons. The maximum Gasteiger partial charge on any atom is 0.142 e. The Hall–Kier alpha value is -0.310. The SMILES string of the molecule is CCCC[C@H](N)c1cccc(F)c1Cl.Cl. The number of halogens is 3. The molecule has 0 saturated carbocycles. The number of benzene rings is 1. The molecule has 4 heteroatoms. The van der Waals surface area contributed by atoms with Crippen LogP contribution in [-0.2, 0) is 0 Å². The first-order valence-corrected chi connectivity index (χ1v) is 5.24. The molecular formula is C11H16Cl2FN. The van der Waals surface area contributed by atoms with Gasteiger partial charge in [0.25, 0.3) is 0 Å². The van der Waals surface area contributed by atoms with Gasteiger partial charge in [0.05, 0.1) is 5.02 Å². The average Bonchev–Trinajstić information content (AvgIpc) is 2.18. The predicted octanol–water partition coefficient (Wildman–Crippen LogP) is 4.09. The van der Waals surface area contributed by atoms with E-state index in [1.54, 1.807) is 12.1 Å². The second-order valence-corrected chi connectivity index (χ2v) is 3.77. The first kappa shape index (κ1) is 14.7. The van der Waals surface area contributed by atoms with Crippen LogP contribution in [0.3, 0.4) is 0 Å². The first-order chi connectivity index (χ1) is 6.66. The van der Waals surface area contributed by atoms with E-state index in [0.717, 1.165) is 19.3 Å². The molecule has 1 nitrogen and oxygen atoms in total. The van der Waals surface area contributed by atoms with E-state index in [0.29, 0.717) is 5.56 Å². The zero-order valence-electron chi connectivity index (χ0n) is 8.67. The third-order valence-electron chi connectivity index (χ3n) is 2.25. The highest BCUT2D eigenvalue weighted by atomic mass is 35.5. The minimum absolute atomic E-state index is 0. The predicted molar refractivity (Wildman–Crippen MR) is 65.1 cm³/mol. The van der Waals surface area contributed by atoms with Gasteiger partial charge in [-0.3, -0.25) is 0 Å². The summed E-state index contributed by atoms with van der Waals surface area (Å²) in [6.45, 7) is 2.10. The lowest BCUT2D eigenvalue weighted by Crippen LogP contribution is -2.11. The lowest BCUT2D eigenvalue weighted by Gasteiger charge is -2.13. The molecule has 0 fully saturated rings. The van der Waals surface area contributed by atoms with Crippen molar-refractivity contribution >= 4 is 24.0 Å². The summed E-state index contributed by atoms with van der Waals surface area (Å²) < 4.78 is 13.1. The molecule has 0 heterocycles. The molecular weight excluding hydrogens is 236 g/mol. The van der Waals surface area contributed by atoms with Crippen molar-refractivity contribution in [2.45, 2.75) is 32.2 Å². The summed E-state index contributed by atoms with van der Waals surface area (Å²) >= 11 is 5.81. The van der Waals surface area contributed by atoms with Gasteiger partial charge in [-0.05, 0) is 18.1 Å². The normalized spacial score (nSPS) is 12.0. The van der Waals surface area contributed by atoms with Crippen LogP contribution in [-0.4, -0.2) is 0 Å². The Labute approximate surface area is 101 Å². The minimum atomic E-state index is -0.392. The Morgan fingerprint density at radius 2 is 2.13 bits per heavy atom. The zero-order chi connectivity index (χ0) is 10.6. The average molecular weight is 252 g/mol. The monoisotopic (exact) mass is 251 g/mol. The number of rotatable bonds is 4. The van der Waals surface area contributed by atoms with E-state index < -0.39 is 5.82 Å². The van der Waals surface area contributed by atoms with E-state index in [1.807, 2.05) is 0 Å². The van der Waals surface area contributed by atoms with Gasteiger partial charge in [-0.25, -0.2) is 4.39 Å². The van der Waals surface area contributed by atoms with Gasteiger partial charge in [0.1, 0.15) is 5.82 Å². The summed E-state index contributed by atoms with van der Waals surface area (Å²) in [5, 5.41) is 0.163. The highest BCUT2D eigenvalue weighted by molar-refractivity contribution is 6.31. The first-order valence-electron chi connectivity index (χ1n) is 4.86. The Balaban J connectivity index is 0.00000196. The summed E-state index contributed by atoms with van der Waals surface area (Å²) in [6.07, 6.45) is 2.97. The third kappa shape index (κ3) is 3.98. The maximum atomic E-state index is 13.1. The molecule has 0 aromatic heterocycles. The van der Waals surface area contributed by atoms with E-state index >= 15 is 0 Å². The molecule has 1 rings (SSSR count). The Morgan fingerprint density at radius 1 is 1.47 bits per heavy atom. The van der Waals surface area contributed by atoms with Crippen LogP contribution in [0.5, 0.6) is 0 Å². The molecule has 1 atom stereocenters. The van der Waals surface area contributed by atoms with Crippen molar-refractivity contribution in [2.75, 3.05) is 0 Å². The molecule has 0 aliphatic heterocycles. The molecule has 0 radical (unpaired) electrons. The topological polar surface area (TPSA) is 26.0 Å². The van der Waals surface area contributed by atoms with Gasteiger partial charge in [0, 0.05) is 6.04 Å². The van der Waals surface area contributed by atoms with Gasteiger partial charge >= 0.3 is 0 Å². The summed E-state index contributed by atoms with van der Waals surface area (Å²) in [6, 6.07) is 4.62. The highest BCUT2D eigenvalue weighted by Gasteiger charge is 2.12. The fourth-order valence-corrected chi connectivity index (χ4v) is 1.65. The van der Waals surface area contributed by atoms with Crippen molar-refractivity contribution in [1.82, 2.24) is 0 Å². The van der Waals surface area contributed by atoms with Crippen molar-refractivity contribution < 1.29 is 4.39 Å². The number of nitrogens with two attached hydrogens (primary N) is 1. The summed E-state index contributed by atoms with van der Waals surface area (Å²) in [5.74, 6) is -0.392. The van der Waals surface area contributed by atoms with Gasteiger partial charge < -0.3 is 5.73 Å². The molecule has 2 N–H and O–H groups in total. The van der Waals surface area contributed by atoms with E-state index in [4.69, 9.17) is 17.3 Å². The lowest BCUT2D eigenvalue weighted by molar-refractivity contribution is 0.589. The van der Waals surface area contributed by atoms with E-state index in [9.17, 15) is 4.39 Å². The zero-order valence-corrected chi connectivity index (χ0v) is 10.2. The fourth-order valence-electron chi connectivity index (χ4n) is 1.39. The van der Waals surface area contributed by atoms with Crippen molar-refractivity contribution in [3.05, 3.63) is 34.6 Å². The number of hydrogen-bond donors (Lipinski definition) is 1. The smallest absolute Gasteiger partial charge is 0.142 e. The van der Waals surface area contributed by atoms with Gasteiger partial charge in [0.2, 0.25) is 0 Å². The molecule has 0 aliphatic carbocycles. The van der Waals surface area contributed by atoms with Crippen LogP contribution in [0, 0.1) is 5.82 Å². The van der Waals surface area contributed by atoms with Crippen LogP contribution in [0.25, 0.3) is 0 Å². The Morgan fingerprint density at radius 3 is 2.73 bits per heavy atom. The van der Waals surface area contributed by atoms with Gasteiger partial charge in [0.15, 0.2) is 0 Å². The van der Waals surface area contributed by atoms with Gasteiger partial charge in [-0.1, -0.05) is 43.5 Å². The lowest BCUT2D eigenvalue weighted by atomic mass is 10.0. The van der Waals surface area contributed by atoms with Crippen molar-refractivity contribution in [1.29, 1.82) is 0 Å². The minimum Gasteiger partial charge on any atom is -0.324 e. The van der Waals surface area contributed by atoms with Crippen LogP contribution in [0.2, 0.25) is 5.02 Å². The van der Waals surface area contributed by atoms with Crippen LogP contribution < -0.4 is 5.73 Å². The highest BCUT2D eigenvalue weighted by Crippen LogP contribution is 2.26. The number of hydrogen-bond acceptors (Lipinski definition) is 1. The van der Waals surface area contributed by atoms with Crippen LogP contribution in [0.1, 0.15) is 37.8 Å². The fraction of sp³-hybridized carbons (Fsp3) is 0.455. The molecule has 0 amide bonds. The molecule has 1 aromatic rings. The summed E-state index contributed by atoms with van der Waals surface area (Å²) in [4.78, 5) is 0. The van der Waals surface area contributed by atoms with Crippen molar-refractivity contribution in [3.63, 3.8) is 0 Å². The third-order valence-corrected chi connectivity index (χ3v) is 2.65. The molecule has 0 spiro atoms. The van der Waals surface area contributed by atoms with Crippen LogP contribution >= 0.6 is 24.0 Å². The quantitative estimate of drug-likeness (QED) is 0.858. The number of unbranched alkanes of at least 4 members (excludes halogenated alkanes) is 1. The van der Waals surface area contributed by atoms with Gasteiger partial charge in [-0.2, -0.15) is 0 Å². The summed E-state index contributed by atoms with van der Waals surface area (Å²) in [7, 11) is 0. The molecule has 0 unspecified atom stereocenters. The molecule has 0 aliphatic rings.